The topological polar surface area (TPSA) is 109 Å². The van der Waals surface area contributed by atoms with Crippen LogP contribution in [0, 0.1) is 5.92 Å². The number of nitrogens with one attached hydrogen (secondary N) is 2. The van der Waals surface area contributed by atoms with Gasteiger partial charge in [0.05, 0.1) is 5.52 Å². The van der Waals surface area contributed by atoms with Gasteiger partial charge in [0.25, 0.3) is 5.91 Å². The molecule has 2 bridgehead atoms. The summed E-state index contributed by atoms with van der Waals surface area (Å²) in [6.45, 7) is -0.0556. The first-order chi connectivity index (χ1) is 16.0. The highest BCUT2D eigenvalue weighted by molar-refractivity contribution is 6.29. The van der Waals surface area contributed by atoms with Crippen LogP contribution in [-0.4, -0.2) is 56.5 Å². The number of rotatable bonds is 5. The molecule has 0 unspecified atom stereocenters. The van der Waals surface area contributed by atoms with Gasteiger partial charge in [0.1, 0.15) is 23.6 Å². The molecule has 3 amide bonds. The summed E-state index contributed by atoms with van der Waals surface area (Å²) in [6, 6.07) is 11.7. The first kappa shape index (κ1) is 21.4. The molecule has 3 aromatic rings. The molecule has 33 heavy (non-hydrogen) atoms. The number of amides is 3. The third-order valence-corrected chi connectivity index (χ3v) is 6.70. The third-order valence-electron chi connectivity index (χ3n) is 6.49. The molecule has 9 nitrogen and oxygen atoms in total. The van der Waals surface area contributed by atoms with Crippen molar-refractivity contribution in [2.24, 2.45) is 5.92 Å². The molecule has 0 radical (unpaired) electrons. The van der Waals surface area contributed by atoms with Crippen LogP contribution in [0.3, 0.4) is 0 Å². The molecule has 2 fully saturated rings. The number of para-hydroxylation sites is 1. The molecule has 2 N–H and O–H groups in total. The van der Waals surface area contributed by atoms with Gasteiger partial charge in [0, 0.05) is 18.5 Å². The number of piperidine rings is 1. The van der Waals surface area contributed by atoms with Gasteiger partial charge in [0.2, 0.25) is 11.8 Å². The number of aromatic nitrogens is 3. The maximum Gasteiger partial charge on any atom is 0.272 e. The second kappa shape index (κ2) is 8.47. The van der Waals surface area contributed by atoms with Crippen molar-refractivity contribution in [2.75, 3.05) is 12.4 Å². The molecule has 1 aliphatic carbocycles. The van der Waals surface area contributed by atoms with E-state index in [9.17, 15) is 14.4 Å². The third kappa shape index (κ3) is 3.82. The van der Waals surface area contributed by atoms with E-state index < -0.39 is 6.04 Å². The van der Waals surface area contributed by atoms with Crippen molar-refractivity contribution in [1.82, 2.24) is 25.0 Å². The van der Waals surface area contributed by atoms with Gasteiger partial charge in [-0.15, -0.1) is 0 Å². The largest absolute Gasteiger partial charge is 0.354 e. The second-order valence-corrected chi connectivity index (χ2v) is 8.80. The van der Waals surface area contributed by atoms with Crippen LogP contribution < -0.4 is 10.6 Å². The molecule has 5 rings (SSSR count). The number of halogens is 1. The number of pyridine rings is 1. The van der Waals surface area contributed by atoms with Crippen molar-refractivity contribution < 1.29 is 14.4 Å². The van der Waals surface area contributed by atoms with Crippen LogP contribution in [0.25, 0.3) is 10.9 Å². The highest BCUT2D eigenvalue weighted by Crippen LogP contribution is 2.43. The minimum atomic E-state index is -0.572. The lowest BCUT2D eigenvalue weighted by atomic mass is 9.97. The first-order valence-electron chi connectivity index (χ1n) is 10.9. The molecule has 1 saturated heterocycles. The number of hydrogen-bond donors (Lipinski definition) is 2. The van der Waals surface area contributed by atoms with E-state index in [1.807, 2.05) is 18.2 Å². The minimum Gasteiger partial charge on any atom is -0.354 e. The number of hydrogen-bond acceptors (Lipinski definition) is 5. The van der Waals surface area contributed by atoms with E-state index in [0.29, 0.717) is 16.7 Å². The van der Waals surface area contributed by atoms with Crippen molar-refractivity contribution in [2.45, 2.75) is 37.9 Å². The lowest BCUT2D eigenvalue weighted by molar-refractivity contribution is -0.141. The van der Waals surface area contributed by atoms with Gasteiger partial charge in [-0.1, -0.05) is 35.9 Å². The summed E-state index contributed by atoms with van der Waals surface area (Å²) in [7, 11) is 1.54. The molecule has 1 aromatic carbocycles. The van der Waals surface area contributed by atoms with Crippen molar-refractivity contribution in [3.63, 3.8) is 0 Å². The second-order valence-electron chi connectivity index (χ2n) is 8.41. The summed E-state index contributed by atoms with van der Waals surface area (Å²) < 4.78 is 1.54. The number of nitrogens with zero attached hydrogens (tertiary/aromatic N) is 4. The number of likely N-dealkylation sites (tertiary alicyclic amines) is 1. The van der Waals surface area contributed by atoms with E-state index >= 15 is 0 Å². The number of benzene rings is 1. The summed E-state index contributed by atoms with van der Waals surface area (Å²) in [4.78, 5) is 44.7. The Kier molecular flexibility index (Phi) is 5.49. The molecule has 2 aromatic heterocycles. The van der Waals surface area contributed by atoms with Crippen LogP contribution in [0.2, 0.25) is 5.15 Å². The van der Waals surface area contributed by atoms with Gasteiger partial charge in [-0.05, 0) is 43.4 Å². The molecular weight excluding hydrogens is 444 g/mol. The highest BCUT2D eigenvalue weighted by atomic mass is 35.5. The average Bonchev–Trinajstić information content (AvgIpc) is 3.52. The van der Waals surface area contributed by atoms with Gasteiger partial charge in [-0.2, -0.15) is 5.10 Å². The fourth-order valence-corrected chi connectivity index (χ4v) is 5.27. The van der Waals surface area contributed by atoms with E-state index in [2.05, 4.69) is 20.7 Å². The average molecular weight is 467 g/mol. The molecule has 1 aliphatic heterocycles. The predicted molar refractivity (Wildman–Crippen MR) is 123 cm³/mol. The summed E-state index contributed by atoms with van der Waals surface area (Å²) in [5.74, 6) is -0.311. The number of anilines is 1. The molecule has 10 heteroatoms. The Labute approximate surface area is 195 Å². The van der Waals surface area contributed by atoms with Crippen LogP contribution in [0.15, 0.2) is 42.5 Å². The molecule has 3 atom stereocenters. The number of carbonyl (C=O) groups excluding carboxylic acids is 3. The number of fused-ring (bicyclic) bond motifs is 3. The molecule has 3 heterocycles. The maximum absolute atomic E-state index is 13.5. The van der Waals surface area contributed by atoms with E-state index in [1.165, 1.54) is 0 Å². The Hall–Kier alpha value is -3.46. The minimum absolute atomic E-state index is 0.0193. The quantitative estimate of drug-likeness (QED) is 0.561. The number of carbonyl (C=O) groups is 3. The summed E-state index contributed by atoms with van der Waals surface area (Å²) >= 11 is 5.94. The van der Waals surface area contributed by atoms with Crippen molar-refractivity contribution in [3.8, 4) is 0 Å². The Bertz CT molecular complexity index is 1260. The predicted octanol–water partition coefficient (Wildman–Crippen LogP) is 2.46. The van der Waals surface area contributed by atoms with Crippen molar-refractivity contribution in [1.29, 1.82) is 0 Å². The fourth-order valence-electron chi connectivity index (χ4n) is 5.11. The first-order valence-corrected chi connectivity index (χ1v) is 11.3. The van der Waals surface area contributed by atoms with Crippen LogP contribution in [0.5, 0.6) is 0 Å². The molecule has 0 spiro atoms. The smallest absolute Gasteiger partial charge is 0.272 e. The molecule has 2 aliphatic rings. The standard InChI is InChI=1S/C23H23ClN6O3/c1-25-22(32)20-15-5-2-3-6-16(15)29(28-20)12-19(31)30-14-10-9-13(11-14)21(30)23(33)27-18-8-4-7-17(24)26-18/h2-8,13-14,21H,9-12H2,1H3,(H,25,32)(H,26,27,33)/t13-,14+,21-/m0/s1. The van der Waals surface area contributed by atoms with Crippen molar-refractivity contribution in [3.05, 3.63) is 53.3 Å². The Morgan fingerprint density at radius 2 is 1.94 bits per heavy atom. The van der Waals surface area contributed by atoms with Crippen LogP contribution in [0.4, 0.5) is 5.82 Å². The van der Waals surface area contributed by atoms with Gasteiger partial charge in [0.15, 0.2) is 5.69 Å². The van der Waals surface area contributed by atoms with E-state index in [1.54, 1.807) is 40.9 Å². The van der Waals surface area contributed by atoms with Gasteiger partial charge < -0.3 is 15.5 Å². The maximum atomic E-state index is 13.5. The van der Waals surface area contributed by atoms with Crippen LogP contribution >= 0.6 is 11.6 Å². The summed E-state index contributed by atoms with van der Waals surface area (Å²) in [6.07, 6.45) is 2.58. The van der Waals surface area contributed by atoms with Crippen LogP contribution in [0.1, 0.15) is 29.8 Å². The molecule has 170 valence electrons. The lowest BCUT2D eigenvalue weighted by Gasteiger charge is -2.34. The lowest BCUT2D eigenvalue weighted by Crippen LogP contribution is -2.52. The monoisotopic (exact) mass is 466 g/mol. The van der Waals surface area contributed by atoms with Crippen LogP contribution in [-0.2, 0) is 16.1 Å². The summed E-state index contributed by atoms with van der Waals surface area (Å²) in [5.41, 5.74) is 0.961. The Balaban J connectivity index is 1.41. The van der Waals surface area contributed by atoms with E-state index in [0.717, 1.165) is 19.3 Å². The van der Waals surface area contributed by atoms with E-state index in [-0.39, 0.29) is 47.1 Å². The SMILES string of the molecule is CNC(=O)c1nn(CC(=O)N2[C@@H]3CC[C@@H](C3)[C@H]2C(=O)Nc2cccc(Cl)n2)c2ccccc12. The zero-order chi connectivity index (χ0) is 23.1. The normalized spacial score (nSPS) is 21.4. The van der Waals surface area contributed by atoms with E-state index in [4.69, 9.17) is 11.6 Å². The molecular formula is C23H23ClN6O3. The zero-order valence-corrected chi connectivity index (χ0v) is 18.7. The molecule has 1 saturated carbocycles. The Morgan fingerprint density at radius 3 is 2.73 bits per heavy atom. The summed E-state index contributed by atoms with van der Waals surface area (Å²) in [5, 5.41) is 10.8. The zero-order valence-electron chi connectivity index (χ0n) is 18.0. The van der Waals surface area contributed by atoms with Gasteiger partial charge in [-0.25, -0.2) is 4.98 Å². The Morgan fingerprint density at radius 1 is 1.12 bits per heavy atom. The van der Waals surface area contributed by atoms with Crippen molar-refractivity contribution >= 4 is 46.0 Å². The highest BCUT2D eigenvalue weighted by Gasteiger charge is 2.51. The van der Waals surface area contributed by atoms with Gasteiger partial charge in [-0.3, -0.25) is 19.1 Å². The fraction of sp³-hybridized carbons (Fsp3) is 0.348. The van der Waals surface area contributed by atoms with Gasteiger partial charge >= 0.3 is 0 Å².